The lowest BCUT2D eigenvalue weighted by molar-refractivity contribution is 0.0956. The molecular weight excluding hydrogens is 298 g/mol. The van der Waals surface area contributed by atoms with Crippen LogP contribution in [0, 0.1) is 6.92 Å². The molecule has 5 nitrogen and oxygen atoms in total. The van der Waals surface area contributed by atoms with Gasteiger partial charge in [-0.05, 0) is 37.6 Å². The molecule has 0 unspecified atom stereocenters. The van der Waals surface area contributed by atoms with Crippen molar-refractivity contribution in [1.82, 2.24) is 14.9 Å². The van der Waals surface area contributed by atoms with Crippen LogP contribution in [0.15, 0.2) is 47.3 Å². The summed E-state index contributed by atoms with van der Waals surface area (Å²) in [6, 6.07) is 7.69. The molecule has 0 saturated carbocycles. The molecule has 1 N–H and O–H groups in total. The largest absolute Gasteiger partial charge is 0.469 e. The molecule has 0 saturated heterocycles. The van der Waals surface area contributed by atoms with E-state index in [1.54, 1.807) is 6.26 Å². The van der Waals surface area contributed by atoms with Gasteiger partial charge >= 0.3 is 0 Å². The zero-order valence-electron chi connectivity index (χ0n) is 12.3. The van der Waals surface area contributed by atoms with E-state index >= 15 is 0 Å². The normalized spacial score (nSPS) is 10.8. The van der Waals surface area contributed by atoms with Crippen molar-refractivity contribution in [2.75, 3.05) is 6.54 Å². The Morgan fingerprint density at radius 1 is 1.36 bits per heavy atom. The SMILES string of the molecule is Cc1nc(-n2cccc2)sc1C(=O)NCCCc1ccco1. The van der Waals surface area contributed by atoms with Crippen molar-refractivity contribution in [2.24, 2.45) is 0 Å². The molecule has 3 rings (SSSR count). The molecule has 6 heteroatoms. The highest BCUT2D eigenvalue weighted by Gasteiger charge is 2.15. The van der Waals surface area contributed by atoms with Gasteiger partial charge in [0.25, 0.3) is 5.91 Å². The molecule has 0 spiro atoms. The number of aryl methyl sites for hydroxylation is 2. The smallest absolute Gasteiger partial charge is 0.263 e. The first-order valence-corrected chi connectivity index (χ1v) is 7.97. The Morgan fingerprint density at radius 2 is 2.18 bits per heavy atom. The van der Waals surface area contributed by atoms with Gasteiger partial charge in [0.05, 0.1) is 12.0 Å². The summed E-state index contributed by atoms with van der Waals surface area (Å²) < 4.78 is 7.17. The molecule has 0 aliphatic heterocycles. The maximum atomic E-state index is 12.2. The Labute approximate surface area is 132 Å². The Morgan fingerprint density at radius 3 is 2.91 bits per heavy atom. The minimum atomic E-state index is -0.0622. The van der Waals surface area contributed by atoms with Gasteiger partial charge in [-0.25, -0.2) is 4.98 Å². The third-order valence-corrected chi connectivity index (χ3v) is 4.45. The van der Waals surface area contributed by atoms with Crippen molar-refractivity contribution < 1.29 is 9.21 Å². The highest BCUT2D eigenvalue weighted by atomic mass is 32.1. The van der Waals surface area contributed by atoms with E-state index in [2.05, 4.69) is 10.3 Å². The second-order valence-electron chi connectivity index (χ2n) is 4.94. The Bertz CT molecular complexity index is 730. The van der Waals surface area contributed by atoms with E-state index in [1.807, 2.05) is 48.1 Å². The Kier molecular flexibility index (Phi) is 4.39. The van der Waals surface area contributed by atoms with E-state index in [-0.39, 0.29) is 5.91 Å². The number of nitrogens with one attached hydrogen (secondary N) is 1. The van der Waals surface area contributed by atoms with Gasteiger partial charge in [0.2, 0.25) is 0 Å². The third kappa shape index (κ3) is 3.28. The molecule has 3 aromatic heterocycles. The predicted octanol–water partition coefficient (Wildman–Crippen LogP) is 3.20. The number of hydrogen-bond donors (Lipinski definition) is 1. The van der Waals surface area contributed by atoms with Crippen LogP contribution >= 0.6 is 11.3 Å². The van der Waals surface area contributed by atoms with Crippen LogP contribution in [0.4, 0.5) is 0 Å². The summed E-state index contributed by atoms with van der Waals surface area (Å²) in [5, 5.41) is 3.75. The van der Waals surface area contributed by atoms with E-state index in [0.29, 0.717) is 11.4 Å². The highest BCUT2D eigenvalue weighted by molar-refractivity contribution is 7.16. The van der Waals surface area contributed by atoms with E-state index in [0.717, 1.165) is 29.4 Å². The lowest BCUT2D eigenvalue weighted by atomic mass is 10.2. The second kappa shape index (κ2) is 6.62. The fourth-order valence-corrected chi connectivity index (χ4v) is 3.12. The first-order valence-electron chi connectivity index (χ1n) is 7.15. The van der Waals surface area contributed by atoms with Crippen LogP contribution in [-0.4, -0.2) is 22.0 Å². The zero-order chi connectivity index (χ0) is 15.4. The Balaban J connectivity index is 1.56. The van der Waals surface area contributed by atoms with E-state index in [4.69, 9.17) is 4.42 Å². The molecule has 3 heterocycles. The van der Waals surface area contributed by atoms with Crippen LogP contribution < -0.4 is 5.32 Å². The first-order chi connectivity index (χ1) is 10.7. The summed E-state index contributed by atoms with van der Waals surface area (Å²) in [6.07, 6.45) is 7.18. The average molecular weight is 315 g/mol. The maximum Gasteiger partial charge on any atom is 0.263 e. The third-order valence-electron chi connectivity index (χ3n) is 3.28. The van der Waals surface area contributed by atoms with Crippen LogP contribution in [0.1, 0.15) is 27.5 Å². The van der Waals surface area contributed by atoms with E-state index in [1.165, 1.54) is 11.3 Å². The number of thiazole rings is 1. The van der Waals surface area contributed by atoms with Gasteiger partial charge in [-0.1, -0.05) is 11.3 Å². The number of furan rings is 1. The van der Waals surface area contributed by atoms with Crippen molar-refractivity contribution in [3.05, 3.63) is 59.3 Å². The van der Waals surface area contributed by atoms with Gasteiger partial charge in [0.15, 0.2) is 5.13 Å². The number of hydrogen-bond acceptors (Lipinski definition) is 4. The number of nitrogens with zero attached hydrogens (tertiary/aromatic N) is 2. The minimum Gasteiger partial charge on any atom is -0.469 e. The van der Waals surface area contributed by atoms with Crippen LogP contribution in [-0.2, 0) is 6.42 Å². The summed E-state index contributed by atoms with van der Waals surface area (Å²) in [7, 11) is 0. The molecule has 22 heavy (non-hydrogen) atoms. The van der Waals surface area contributed by atoms with Gasteiger partial charge in [-0.15, -0.1) is 0 Å². The van der Waals surface area contributed by atoms with Gasteiger partial charge < -0.3 is 14.3 Å². The van der Waals surface area contributed by atoms with Crippen molar-refractivity contribution in [1.29, 1.82) is 0 Å². The van der Waals surface area contributed by atoms with Crippen LogP contribution in [0.25, 0.3) is 5.13 Å². The summed E-state index contributed by atoms with van der Waals surface area (Å²) in [5.41, 5.74) is 0.761. The maximum absolute atomic E-state index is 12.2. The molecule has 3 aromatic rings. The fraction of sp³-hybridized carbons (Fsp3) is 0.250. The topological polar surface area (TPSA) is 60.1 Å². The standard InChI is InChI=1S/C16H17N3O2S/c1-12-14(22-16(18-12)19-9-2-3-10-19)15(20)17-8-4-6-13-7-5-11-21-13/h2-3,5,7,9-11H,4,6,8H2,1H3,(H,17,20). The first kappa shape index (κ1) is 14.6. The molecule has 114 valence electrons. The summed E-state index contributed by atoms with van der Waals surface area (Å²) in [6.45, 7) is 2.48. The molecule has 0 bridgehead atoms. The fourth-order valence-electron chi connectivity index (χ4n) is 2.16. The molecule has 0 aliphatic carbocycles. The second-order valence-corrected chi connectivity index (χ2v) is 5.92. The van der Waals surface area contributed by atoms with Gasteiger partial charge in [0, 0.05) is 25.4 Å². The predicted molar refractivity (Wildman–Crippen MR) is 85.5 cm³/mol. The van der Waals surface area contributed by atoms with Crippen molar-refractivity contribution >= 4 is 17.2 Å². The number of rotatable bonds is 6. The zero-order valence-corrected chi connectivity index (χ0v) is 13.1. The molecule has 0 radical (unpaired) electrons. The van der Waals surface area contributed by atoms with Crippen molar-refractivity contribution in [2.45, 2.75) is 19.8 Å². The van der Waals surface area contributed by atoms with Gasteiger partial charge in [-0.2, -0.15) is 0 Å². The van der Waals surface area contributed by atoms with Crippen molar-refractivity contribution in [3.63, 3.8) is 0 Å². The molecule has 0 aromatic carbocycles. The van der Waals surface area contributed by atoms with E-state index in [9.17, 15) is 4.79 Å². The van der Waals surface area contributed by atoms with Gasteiger partial charge in [-0.3, -0.25) is 4.79 Å². The lowest BCUT2D eigenvalue weighted by Crippen LogP contribution is -2.24. The van der Waals surface area contributed by atoms with Crippen molar-refractivity contribution in [3.8, 4) is 5.13 Å². The molecular formula is C16H17N3O2S. The number of carbonyl (C=O) groups excluding carboxylic acids is 1. The Hall–Kier alpha value is -2.34. The molecule has 1 amide bonds. The summed E-state index contributed by atoms with van der Waals surface area (Å²) in [4.78, 5) is 17.4. The number of carbonyl (C=O) groups is 1. The number of aromatic nitrogens is 2. The monoisotopic (exact) mass is 315 g/mol. The highest BCUT2D eigenvalue weighted by Crippen LogP contribution is 2.21. The average Bonchev–Trinajstić information content (AvgIpc) is 3.24. The summed E-state index contributed by atoms with van der Waals surface area (Å²) >= 11 is 1.40. The van der Waals surface area contributed by atoms with Gasteiger partial charge in [0.1, 0.15) is 10.6 Å². The molecule has 0 fully saturated rings. The van der Waals surface area contributed by atoms with Crippen LogP contribution in [0.5, 0.6) is 0 Å². The minimum absolute atomic E-state index is 0.0622. The van der Waals surface area contributed by atoms with E-state index < -0.39 is 0 Å². The summed E-state index contributed by atoms with van der Waals surface area (Å²) in [5.74, 6) is 0.881. The molecule has 0 atom stereocenters. The molecule has 0 aliphatic rings. The number of amides is 1. The van der Waals surface area contributed by atoms with Crippen LogP contribution in [0.2, 0.25) is 0 Å². The lowest BCUT2D eigenvalue weighted by Gasteiger charge is -2.02. The quantitative estimate of drug-likeness (QED) is 0.711. The van der Waals surface area contributed by atoms with Crippen LogP contribution in [0.3, 0.4) is 0 Å².